The molecule has 7 heteroatoms. The van der Waals surface area contributed by atoms with Gasteiger partial charge in [0.2, 0.25) is 0 Å². The highest BCUT2D eigenvalue weighted by Crippen LogP contribution is 2.51. The van der Waals surface area contributed by atoms with Crippen molar-refractivity contribution in [3.05, 3.63) is 22.7 Å². The van der Waals surface area contributed by atoms with Crippen LogP contribution < -0.4 is 9.47 Å². The van der Waals surface area contributed by atoms with Crippen molar-refractivity contribution in [3.8, 4) is 23.8 Å². The molecule has 0 radical (unpaired) electrons. The number of aliphatic hydroxyl groups excluding tert-OH is 2. The lowest BCUT2D eigenvalue weighted by atomic mass is 9.58. The van der Waals surface area contributed by atoms with Crippen LogP contribution in [-0.4, -0.2) is 47.2 Å². The van der Waals surface area contributed by atoms with E-state index < -0.39 is 30.0 Å². The third-order valence-corrected chi connectivity index (χ3v) is 7.47. The molecule has 0 amide bonds. The van der Waals surface area contributed by atoms with E-state index in [0.717, 1.165) is 0 Å². The van der Waals surface area contributed by atoms with E-state index in [1.54, 1.807) is 12.1 Å². The van der Waals surface area contributed by atoms with Crippen LogP contribution in [-0.2, 0) is 9.59 Å². The minimum atomic E-state index is -0.960. The molecule has 2 saturated carbocycles. The smallest absolute Gasteiger partial charge is 0.181 e. The van der Waals surface area contributed by atoms with E-state index in [2.05, 4.69) is 5.92 Å². The van der Waals surface area contributed by atoms with Crippen LogP contribution in [0.15, 0.2) is 12.1 Å². The van der Waals surface area contributed by atoms with Gasteiger partial charge in [-0.3, -0.25) is 9.59 Å². The number of ether oxygens (including phenoxy) is 2. The van der Waals surface area contributed by atoms with E-state index in [-0.39, 0.29) is 52.6 Å². The molecule has 3 rings (SSSR count). The predicted octanol–water partition coefficient (Wildman–Crippen LogP) is 4.57. The van der Waals surface area contributed by atoms with Gasteiger partial charge in [-0.2, -0.15) is 0 Å². The summed E-state index contributed by atoms with van der Waals surface area (Å²) >= 11 is 6.60. The average molecular weight is 505 g/mol. The number of terminal acetylenes is 1. The Morgan fingerprint density at radius 3 is 1.97 bits per heavy atom. The predicted molar refractivity (Wildman–Crippen MR) is 135 cm³/mol. The van der Waals surface area contributed by atoms with Gasteiger partial charge < -0.3 is 19.7 Å². The SMILES string of the molecule is C#CCOc1c(Cl)cc(C([C@@H]2C(=O)CC(C)(C)C[C@H]2O)[C@@H]2C(=O)CC(C)(C)C[C@@H]2O)cc1OCC. The minimum absolute atomic E-state index is 0.00755. The summed E-state index contributed by atoms with van der Waals surface area (Å²) in [6.45, 7) is 9.93. The Morgan fingerprint density at radius 2 is 1.54 bits per heavy atom. The number of halogens is 1. The number of hydrogen-bond donors (Lipinski definition) is 2. The molecule has 2 aliphatic carbocycles. The van der Waals surface area contributed by atoms with Crippen molar-refractivity contribution in [1.82, 2.24) is 0 Å². The molecule has 0 aliphatic heterocycles. The third-order valence-electron chi connectivity index (χ3n) is 7.19. The molecule has 6 nitrogen and oxygen atoms in total. The van der Waals surface area contributed by atoms with E-state index in [4.69, 9.17) is 27.5 Å². The molecular formula is C28H37ClO6. The molecule has 2 N–H and O–H groups in total. The van der Waals surface area contributed by atoms with Crippen LogP contribution in [0, 0.1) is 35.0 Å². The van der Waals surface area contributed by atoms with Gasteiger partial charge in [-0.1, -0.05) is 45.2 Å². The molecule has 1 unspecified atom stereocenters. The van der Waals surface area contributed by atoms with Crippen molar-refractivity contribution in [2.75, 3.05) is 13.2 Å². The Bertz CT molecular complexity index is 965. The Hall–Kier alpha value is -2.07. The van der Waals surface area contributed by atoms with Gasteiger partial charge in [0.25, 0.3) is 0 Å². The molecule has 2 fully saturated rings. The summed E-state index contributed by atoms with van der Waals surface area (Å²) in [4.78, 5) is 26.9. The highest BCUT2D eigenvalue weighted by atomic mass is 35.5. The maximum atomic E-state index is 13.5. The van der Waals surface area contributed by atoms with Gasteiger partial charge in [0, 0.05) is 18.8 Å². The standard InChI is InChI=1S/C28H37ClO6/c1-7-9-35-26-17(29)10-16(11-22(26)34-8-2)23(24-18(30)12-27(3,4)13-19(24)31)25-20(32)14-28(5,6)15-21(25)33/h1,10-11,18,20,23-25,30,32H,8-9,12-15H2,2-6H3/t18-,20+,23?,24-,25-/m0/s1. The number of benzene rings is 1. The second kappa shape index (κ2) is 10.5. The Kier molecular flexibility index (Phi) is 8.26. The van der Waals surface area contributed by atoms with Gasteiger partial charge in [-0.05, 0) is 48.3 Å². The quantitative estimate of drug-likeness (QED) is 0.528. The molecule has 192 valence electrons. The molecule has 1 aromatic rings. The van der Waals surface area contributed by atoms with Gasteiger partial charge in [0.1, 0.15) is 18.2 Å². The number of hydrogen-bond acceptors (Lipinski definition) is 6. The average Bonchev–Trinajstić information content (AvgIpc) is 2.69. The maximum absolute atomic E-state index is 13.5. The fourth-order valence-electron chi connectivity index (χ4n) is 5.95. The Labute approximate surface area is 213 Å². The largest absolute Gasteiger partial charge is 0.490 e. The minimum Gasteiger partial charge on any atom is -0.490 e. The monoisotopic (exact) mass is 504 g/mol. The van der Waals surface area contributed by atoms with Crippen molar-refractivity contribution in [2.24, 2.45) is 22.7 Å². The molecule has 0 bridgehead atoms. The highest BCUT2D eigenvalue weighted by Gasteiger charge is 2.52. The van der Waals surface area contributed by atoms with Crippen molar-refractivity contribution in [3.63, 3.8) is 0 Å². The lowest BCUT2D eigenvalue weighted by molar-refractivity contribution is -0.144. The van der Waals surface area contributed by atoms with Gasteiger partial charge in [-0.15, -0.1) is 6.42 Å². The van der Waals surface area contributed by atoms with Gasteiger partial charge in [-0.25, -0.2) is 0 Å². The summed E-state index contributed by atoms with van der Waals surface area (Å²) in [6.07, 6.45) is 4.81. The van der Waals surface area contributed by atoms with E-state index in [1.165, 1.54) is 0 Å². The summed E-state index contributed by atoms with van der Waals surface area (Å²) in [5.74, 6) is 0.318. The number of carbonyl (C=O) groups is 2. The number of aliphatic hydroxyl groups is 2. The first-order chi connectivity index (χ1) is 16.3. The summed E-state index contributed by atoms with van der Waals surface area (Å²) < 4.78 is 11.4. The first kappa shape index (κ1) is 27.5. The Morgan fingerprint density at radius 1 is 1.03 bits per heavy atom. The molecule has 0 aromatic heterocycles. The zero-order valence-electron chi connectivity index (χ0n) is 21.3. The number of carbonyl (C=O) groups excluding carboxylic acids is 2. The van der Waals surface area contributed by atoms with E-state index >= 15 is 0 Å². The zero-order valence-corrected chi connectivity index (χ0v) is 22.0. The van der Waals surface area contributed by atoms with Gasteiger partial charge in [0.05, 0.1) is 35.7 Å². The lowest BCUT2D eigenvalue weighted by Gasteiger charge is -2.46. The second-order valence-corrected chi connectivity index (χ2v) is 11.9. The van der Waals surface area contributed by atoms with Crippen LogP contribution in [0.3, 0.4) is 0 Å². The van der Waals surface area contributed by atoms with Crippen LogP contribution in [0.25, 0.3) is 0 Å². The van der Waals surface area contributed by atoms with Gasteiger partial charge >= 0.3 is 0 Å². The highest BCUT2D eigenvalue weighted by molar-refractivity contribution is 6.32. The second-order valence-electron chi connectivity index (χ2n) is 11.5. The summed E-state index contributed by atoms with van der Waals surface area (Å²) in [5.41, 5.74) is -0.147. The molecular weight excluding hydrogens is 468 g/mol. The molecule has 35 heavy (non-hydrogen) atoms. The summed E-state index contributed by atoms with van der Waals surface area (Å²) in [6, 6.07) is 3.34. The van der Waals surface area contributed by atoms with Crippen LogP contribution >= 0.6 is 11.6 Å². The van der Waals surface area contributed by atoms with Crippen LogP contribution in [0.1, 0.15) is 71.8 Å². The van der Waals surface area contributed by atoms with Crippen LogP contribution in [0.2, 0.25) is 5.02 Å². The van der Waals surface area contributed by atoms with Crippen molar-refractivity contribution < 1.29 is 29.3 Å². The summed E-state index contributed by atoms with van der Waals surface area (Å²) in [5, 5.41) is 22.6. The van der Waals surface area contributed by atoms with Crippen LogP contribution in [0.5, 0.6) is 11.5 Å². The molecule has 0 spiro atoms. The molecule has 2 aliphatic rings. The lowest BCUT2D eigenvalue weighted by Crippen LogP contribution is -2.51. The zero-order chi connectivity index (χ0) is 26.1. The van der Waals surface area contributed by atoms with Crippen molar-refractivity contribution in [2.45, 2.75) is 78.4 Å². The van der Waals surface area contributed by atoms with Crippen molar-refractivity contribution in [1.29, 1.82) is 0 Å². The third kappa shape index (κ3) is 6.02. The number of rotatable bonds is 7. The number of ketones is 2. The first-order valence-corrected chi connectivity index (χ1v) is 12.6. The molecule has 5 atom stereocenters. The van der Waals surface area contributed by atoms with Gasteiger partial charge in [0.15, 0.2) is 11.5 Å². The number of Topliss-reactive ketones (excluding diaryl/α,β-unsaturated/α-hetero) is 2. The van der Waals surface area contributed by atoms with E-state index in [1.807, 2.05) is 34.6 Å². The summed E-state index contributed by atoms with van der Waals surface area (Å²) in [7, 11) is 0. The Balaban J connectivity index is 2.16. The normalized spacial score (nSPS) is 28.8. The van der Waals surface area contributed by atoms with Crippen molar-refractivity contribution >= 4 is 23.2 Å². The maximum Gasteiger partial charge on any atom is 0.181 e. The molecule has 1 aromatic carbocycles. The topological polar surface area (TPSA) is 93.1 Å². The fourth-order valence-corrected chi connectivity index (χ4v) is 6.23. The van der Waals surface area contributed by atoms with E-state index in [0.29, 0.717) is 30.8 Å². The molecule has 0 saturated heterocycles. The van der Waals surface area contributed by atoms with E-state index in [9.17, 15) is 19.8 Å². The first-order valence-electron chi connectivity index (χ1n) is 12.2. The fraction of sp³-hybridized carbons (Fsp3) is 0.643. The van der Waals surface area contributed by atoms with Crippen LogP contribution in [0.4, 0.5) is 0 Å². The molecule has 0 heterocycles.